The van der Waals surface area contributed by atoms with E-state index < -0.39 is 48.2 Å². The Morgan fingerprint density at radius 3 is 2.77 bits per heavy atom. The van der Waals surface area contributed by atoms with Crippen LogP contribution in [-0.2, 0) is 27.2 Å². The summed E-state index contributed by atoms with van der Waals surface area (Å²) in [5.74, 6) is -1.30. The fraction of sp³-hybridized carbons (Fsp3) is 0.350. The lowest BCUT2D eigenvalue weighted by Crippen LogP contribution is -2.50. The van der Waals surface area contributed by atoms with E-state index in [9.17, 15) is 24.9 Å². The Morgan fingerprint density at radius 1 is 1.40 bits per heavy atom. The molecular weight excluding hydrogens is 412 g/mol. The normalized spacial score (nSPS) is 22.4. The van der Waals surface area contributed by atoms with Gasteiger partial charge in [-0.2, -0.15) is 0 Å². The van der Waals surface area contributed by atoms with Gasteiger partial charge in [0.05, 0.1) is 12.2 Å². The zero-order valence-electron chi connectivity index (χ0n) is 15.9. The van der Waals surface area contributed by atoms with E-state index in [0.29, 0.717) is 5.56 Å². The predicted molar refractivity (Wildman–Crippen MR) is 108 cm³/mol. The molecule has 1 aromatic carbocycles. The molecule has 9 nitrogen and oxygen atoms in total. The second-order valence-electron chi connectivity index (χ2n) is 6.79. The molecule has 0 amide bonds. The third-order valence-electron chi connectivity index (χ3n) is 4.72. The summed E-state index contributed by atoms with van der Waals surface area (Å²) >= 11 is 4.99. The van der Waals surface area contributed by atoms with E-state index in [1.165, 1.54) is 10.6 Å². The second kappa shape index (κ2) is 9.45. The lowest BCUT2D eigenvalue weighted by Gasteiger charge is -2.36. The molecule has 1 aromatic heterocycles. The maximum Gasteiger partial charge on any atom is 0.259 e. The lowest BCUT2D eigenvalue weighted by molar-refractivity contribution is -0.272. The average Bonchev–Trinajstić information content (AvgIpc) is 2.74. The highest BCUT2D eigenvalue weighted by Gasteiger charge is 2.39. The van der Waals surface area contributed by atoms with Gasteiger partial charge in [0.15, 0.2) is 16.8 Å². The van der Waals surface area contributed by atoms with E-state index in [2.05, 4.69) is 11.6 Å². The van der Waals surface area contributed by atoms with Crippen molar-refractivity contribution in [2.24, 2.45) is 0 Å². The number of carbonyl (C=O) groups excluding carboxylic acids is 1. The van der Waals surface area contributed by atoms with Crippen molar-refractivity contribution in [3.63, 3.8) is 0 Å². The zero-order chi connectivity index (χ0) is 21.8. The molecule has 160 valence electrons. The van der Waals surface area contributed by atoms with Gasteiger partial charge in [-0.1, -0.05) is 36.4 Å². The SMILES string of the molecule is C=CCn1c(O)c(CC(=O)C(O)[C@@H]2OC(c3ccccc3)OC[C@H]2O)c(=O)[nH]c1=S. The molecule has 0 bridgehead atoms. The molecule has 2 aromatic rings. The fourth-order valence-electron chi connectivity index (χ4n) is 3.14. The van der Waals surface area contributed by atoms with Crippen LogP contribution in [0, 0.1) is 4.77 Å². The predicted octanol–water partition coefficient (Wildman–Crippen LogP) is 0.745. The Kier molecular flexibility index (Phi) is 6.95. The molecule has 2 heterocycles. The number of nitrogens with one attached hydrogen (secondary N) is 1. The van der Waals surface area contributed by atoms with Crippen LogP contribution in [0.1, 0.15) is 17.4 Å². The van der Waals surface area contributed by atoms with Gasteiger partial charge in [-0.25, -0.2) is 0 Å². The van der Waals surface area contributed by atoms with Crippen molar-refractivity contribution in [3.05, 3.63) is 69.2 Å². The molecule has 30 heavy (non-hydrogen) atoms. The second-order valence-corrected chi connectivity index (χ2v) is 7.18. The highest BCUT2D eigenvalue weighted by atomic mass is 32.1. The Balaban J connectivity index is 1.80. The molecule has 2 unspecified atom stereocenters. The largest absolute Gasteiger partial charge is 0.494 e. The number of H-pyrrole nitrogens is 1. The maximum atomic E-state index is 12.7. The number of hydrogen-bond acceptors (Lipinski definition) is 8. The minimum Gasteiger partial charge on any atom is -0.494 e. The van der Waals surface area contributed by atoms with Gasteiger partial charge in [-0.05, 0) is 12.2 Å². The lowest BCUT2D eigenvalue weighted by atomic mass is 9.99. The molecule has 1 aliphatic heterocycles. The molecule has 3 rings (SSSR count). The molecule has 0 spiro atoms. The van der Waals surface area contributed by atoms with Gasteiger partial charge in [-0.3, -0.25) is 19.1 Å². The number of aromatic nitrogens is 2. The smallest absolute Gasteiger partial charge is 0.259 e. The van der Waals surface area contributed by atoms with Crippen molar-refractivity contribution in [3.8, 4) is 5.88 Å². The summed E-state index contributed by atoms with van der Waals surface area (Å²) in [6.07, 6.45) is -4.26. The number of allylic oxidation sites excluding steroid dienone is 1. The topological polar surface area (TPSA) is 134 Å². The van der Waals surface area contributed by atoms with E-state index in [0.717, 1.165) is 0 Å². The van der Waals surface area contributed by atoms with Gasteiger partial charge in [-0.15, -0.1) is 6.58 Å². The fourth-order valence-corrected chi connectivity index (χ4v) is 3.40. The number of carbonyl (C=O) groups is 1. The van der Waals surface area contributed by atoms with E-state index in [1.807, 2.05) is 6.07 Å². The van der Waals surface area contributed by atoms with Gasteiger partial charge in [0.25, 0.3) is 5.56 Å². The molecule has 4 atom stereocenters. The van der Waals surface area contributed by atoms with Crippen LogP contribution < -0.4 is 5.56 Å². The van der Waals surface area contributed by atoms with Crippen molar-refractivity contribution >= 4 is 18.0 Å². The number of ether oxygens (including phenoxy) is 2. The number of aromatic amines is 1. The monoisotopic (exact) mass is 434 g/mol. The average molecular weight is 434 g/mol. The Hall–Kier alpha value is -2.63. The van der Waals surface area contributed by atoms with Crippen molar-refractivity contribution in [1.29, 1.82) is 0 Å². The summed E-state index contributed by atoms with van der Waals surface area (Å²) in [6.45, 7) is 3.52. The van der Waals surface area contributed by atoms with E-state index in [4.69, 9.17) is 21.7 Å². The Morgan fingerprint density at radius 2 is 2.10 bits per heavy atom. The number of nitrogens with zero attached hydrogens (tertiary/aromatic N) is 1. The minimum absolute atomic E-state index is 0.0250. The molecule has 4 N–H and O–H groups in total. The van der Waals surface area contributed by atoms with Crippen LogP contribution in [0.2, 0.25) is 0 Å². The number of aliphatic hydroxyl groups excluding tert-OH is 2. The third-order valence-corrected chi connectivity index (χ3v) is 5.04. The molecule has 0 aliphatic carbocycles. The first-order chi connectivity index (χ1) is 14.3. The van der Waals surface area contributed by atoms with E-state index in [-0.39, 0.29) is 23.5 Å². The van der Waals surface area contributed by atoms with Crippen LogP contribution in [0.3, 0.4) is 0 Å². The molecule has 0 saturated carbocycles. The first-order valence-corrected chi connectivity index (χ1v) is 9.61. The number of benzene rings is 1. The number of ketones is 1. The highest BCUT2D eigenvalue weighted by Crippen LogP contribution is 2.28. The van der Waals surface area contributed by atoms with Crippen LogP contribution in [0.5, 0.6) is 5.88 Å². The van der Waals surface area contributed by atoms with Crippen LogP contribution in [0.4, 0.5) is 0 Å². The third kappa shape index (κ3) is 4.58. The van der Waals surface area contributed by atoms with Crippen molar-refractivity contribution < 1.29 is 29.6 Å². The number of aromatic hydroxyl groups is 1. The summed E-state index contributed by atoms with van der Waals surface area (Å²) in [4.78, 5) is 27.2. The summed E-state index contributed by atoms with van der Waals surface area (Å²) < 4.78 is 12.2. The summed E-state index contributed by atoms with van der Waals surface area (Å²) in [5.41, 5.74) is -0.334. The number of hydrogen-bond donors (Lipinski definition) is 4. The molecule has 1 aliphatic rings. The van der Waals surface area contributed by atoms with E-state index >= 15 is 0 Å². The quantitative estimate of drug-likeness (QED) is 0.370. The molecule has 1 saturated heterocycles. The van der Waals surface area contributed by atoms with Crippen molar-refractivity contribution in [1.82, 2.24) is 9.55 Å². The summed E-state index contributed by atoms with van der Waals surface area (Å²) in [5, 5.41) is 31.0. The summed E-state index contributed by atoms with van der Waals surface area (Å²) in [6, 6.07) is 8.87. The van der Waals surface area contributed by atoms with Crippen molar-refractivity contribution in [2.75, 3.05) is 6.61 Å². The van der Waals surface area contributed by atoms with Gasteiger partial charge in [0, 0.05) is 18.5 Å². The zero-order valence-corrected chi connectivity index (χ0v) is 16.7. The maximum absolute atomic E-state index is 12.7. The molecule has 0 radical (unpaired) electrons. The van der Waals surface area contributed by atoms with Gasteiger partial charge in [0.1, 0.15) is 18.3 Å². The van der Waals surface area contributed by atoms with Crippen LogP contribution >= 0.6 is 12.2 Å². The standard InChI is InChI=1S/C20H22N2O7S/c1-2-8-22-18(27)12(17(26)21-20(22)30)9-13(23)15(25)16-14(24)10-28-19(29-16)11-6-4-3-5-7-11/h2-7,14-16,19,24-25,27H,1,8-10H2,(H,21,26,30)/t14-,15?,16-,19?/m1/s1. The molecule has 10 heteroatoms. The molecular formula is C20H22N2O7S. The first-order valence-electron chi connectivity index (χ1n) is 9.20. The van der Waals surface area contributed by atoms with Gasteiger partial charge in [0.2, 0.25) is 5.88 Å². The van der Waals surface area contributed by atoms with E-state index in [1.54, 1.807) is 24.3 Å². The van der Waals surface area contributed by atoms with Crippen LogP contribution in [0.25, 0.3) is 0 Å². The van der Waals surface area contributed by atoms with Gasteiger partial charge < -0.3 is 24.8 Å². The first kappa shape index (κ1) is 22.1. The number of Topliss-reactive ketones (excluding diaryl/α,β-unsaturated/α-hetero) is 1. The number of aliphatic hydroxyl groups is 2. The van der Waals surface area contributed by atoms with Crippen LogP contribution in [-0.4, -0.2) is 55.6 Å². The Labute approximate surface area is 176 Å². The Bertz CT molecular complexity index is 1030. The van der Waals surface area contributed by atoms with Crippen molar-refractivity contribution in [2.45, 2.75) is 37.6 Å². The number of rotatable bonds is 7. The molecule has 1 fully saturated rings. The summed E-state index contributed by atoms with van der Waals surface area (Å²) in [7, 11) is 0. The minimum atomic E-state index is -1.75. The van der Waals surface area contributed by atoms with Crippen LogP contribution in [0.15, 0.2) is 47.8 Å². The highest BCUT2D eigenvalue weighted by molar-refractivity contribution is 7.71. The van der Waals surface area contributed by atoms with Gasteiger partial charge >= 0.3 is 0 Å².